The molecule has 4 rings (SSSR count). The van der Waals surface area contributed by atoms with E-state index in [4.69, 9.17) is 4.18 Å². The fourth-order valence-electron chi connectivity index (χ4n) is 4.93. The summed E-state index contributed by atoms with van der Waals surface area (Å²) in [6.45, 7) is 0.944. The minimum Gasteiger partial charge on any atom is -0.371 e. The van der Waals surface area contributed by atoms with Gasteiger partial charge in [0.15, 0.2) is 0 Å². The van der Waals surface area contributed by atoms with E-state index < -0.39 is 10.3 Å². The van der Waals surface area contributed by atoms with Crippen LogP contribution in [-0.2, 0) is 23.3 Å². The van der Waals surface area contributed by atoms with Crippen LogP contribution in [0.4, 0.5) is 0 Å². The highest BCUT2D eigenvalue weighted by molar-refractivity contribution is 7.85. The molecule has 7 nitrogen and oxygen atoms in total. The molecular weight excluding hydrogens is 464 g/mol. The zero-order valence-corrected chi connectivity index (χ0v) is 20.9. The number of carbonyl (C=O) groups excluding carboxylic acids is 2. The van der Waals surface area contributed by atoms with E-state index in [-0.39, 0.29) is 17.7 Å². The second kappa shape index (κ2) is 11.8. The standard InChI is InChI=1S/C27H34N2O5S/c30-20-21-10-12-23(13-11-21)27(31)29-17-16-22-14-15-26(18-24(22)19-29)34-35(32,33)28-25-8-6-4-2-1-3-5-7-9-25/h10-15,18,20,25,28H,1-9,16-17,19H2. The Kier molecular flexibility index (Phi) is 8.57. The highest BCUT2D eigenvalue weighted by Gasteiger charge is 2.24. The van der Waals surface area contributed by atoms with Crippen molar-refractivity contribution >= 4 is 22.5 Å². The number of nitrogens with one attached hydrogen (secondary N) is 1. The van der Waals surface area contributed by atoms with Crippen LogP contribution in [0.15, 0.2) is 42.5 Å². The van der Waals surface area contributed by atoms with E-state index in [2.05, 4.69) is 4.72 Å². The summed E-state index contributed by atoms with van der Waals surface area (Å²) < 4.78 is 33.7. The number of aldehydes is 1. The molecule has 1 saturated carbocycles. The monoisotopic (exact) mass is 498 g/mol. The number of benzene rings is 2. The van der Waals surface area contributed by atoms with E-state index in [1.165, 1.54) is 19.3 Å². The fourth-order valence-corrected chi connectivity index (χ4v) is 5.98. The molecule has 1 aliphatic carbocycles. The summed E-state index contributed by atoms with van der Waals surface area (Å²) in [6.07, 6.45) is 11.1. The van der Waals surface area contributed by atoms with Crippen molar-refractivity contribution in [3.05, 3.63) is 64.7 Å². The van der Waals surface area contributed by atoms with Crippen LogP contribution < -0.4 is 8.91 Å². The summed E-state index contributed by atoms with van der Waals surface area (Å²) in [5.41, 5.74) is 2.99. The summed E-state index contributed by atoms with van der Waals surface area (Å²) in [5.74, 6) is 0.130. The molecular formula is C27H34N2O5S. The molecule has 0 aromatic heterocycles. The van der Waals surface area contributed by atoms with Crippen molar-refractivity contribution in [1.82, 2.24) is 9.62 Å². The van der Waals surface area contributed by atoms with Gasteiger partial charge in [0, 0.05) is 30.3 Å². The maximum absolute atomic E-state index is 12.9. The van der Waals surface area contributed by atoms with Gasteiger partial charge in [-0.1, -0.05) is 63.1 Å². The Bertz CT molecular complexity index is 1120. The Morgan fingerprint density at radius 3 is 2.23 bits per heavy atom. The van der Waals surface area contributed by atoms with Gasteiger partial charge in [0.05, 0.1) is 0 Å². The molecule has 188 valence electrons. The lowest BCUT2D eigenvalue weighted by molar-refractivity contribution is 0.0734. The van der Waals surface area contributed by atoms with Crippen LogP contribution in [0, 0.1) is 0 Å². The summed E-state index contributed by atoms with van der Waals surface area (Å²) in [5, 5.41) is 0. The average Bonchev–Trinajstić information content (AvgIpc) is 2.86. The lowest BCUT2D eigenvalue weighted by atomic mass is 9.98. The van der Waals surface area contributed by atoms with Crippen molar-refractivity contribution in [2.45, 2.75) is 76.8 Å². The molecule has 2 aliphatic rings. The summed E-state index contributed by atoms with van der Waals surface area (Å²) in [4.78, 5) is 25.5. The van der Waals surface area contributed by atoms with Gasteiger partial charge in [0.2, 0.25) is 0 Å². The number of rotatable bonds is 6. The van der Waals surface area contributed by atoms with Gasteiger partial charge in [-0.3, -0.25) is 9.59 Å². The first-order chi connectivity index (χ1) is 16.9. The predicted octanol–water partition coefficient (Wildman–Crippen LogP) is 4.80. The molecule has 35 heavy (non-hydrogen) atoms. The van der Waals surface area contributed by atoms with Gasteiger partial charge >= 0.3 is 10.3 Å². The molecule has 0 bridgehead atoms. The number of carbonyl (C=O) groups is 2. The van der Waals surface area contributed by atoms with Crippen molar-refractivity contribution in [3.8, 4) is 5.75 Å². The molecule has 1 N–H and O–H groups in total. The second-order valence-electron chi connectivity index (χ2n) is 9.55. The number of nitrogens with zero attached hydrogens (tertiary/aromatic N) is 1. The smallest absolute Gasteiger partial charge is 0.371 e. The Balaban J connectivity index is 1.40. The number of hydrogen-bond donors (Lipinski definition) is 1. The third-order valence-electron chi connectivity index (χ3n) is 6.89. The summed E-state index contributed by atoms with van der Waals surface area (Å²) in [7, 11) is -3.95. The summed E-state index contributed by atoms with van der Waals surface area (Å²) >= 11 is 0. The van der Waals surface area contributed by atoms with E-state index in [0.717, 1.165) is 55.9 Å². The molecule has 0 unspecified atom stereocenters. The number of hydrogen-bond acceptors (Lipinski definition) is 5. The van der Waals surface area contributed by atoms with Crippen molar-refractivity contribution in [2.75, 3.05) is 6.54 Å². The maximum atomic E-state index is 12.9. The first-order valence-corrected chi connectivity index (χ1v) is 14.0. The van der Waals surface area contributed by atoms with Gasteiger partial charge in [-0.2, -0.15) is 13.1 Å². The van der Waals surface area contributed by atoms with E-state index in [1.54, 1.807) is 41.3 Å². The van der Waals surface area contributed by atoms with Gasteiger partial charge in [0.25, 0.3) is 5.91 Å². The minimum atomic E-state index is -3.95. The van der Waals surface area contributed by atoms with Crippen LogP contribution in [-0.4, -0.2) is 38.1 Å². The topological polar surface area (TPSA) is 92.8 Å². The van der Waals surface area contributed by atoms with Gasteiger partial charge in [-0.15, -0.1) is 0 Å². The molecule has 0 saturated heterocycles. The molecule has 0 radical (unpaired) electrons. The van der Waals surface area contributed by atoms with Crippen LogP contribution in [0.1, 0.15) is 89.6 Å². The minimum absolute atomic E-state index is 0.102. The van der Waals surface area contributed by atoms with Gasteiger partial charge < -0.3 is 9.08 Å². The molecule has 0 spiro atoms. The fraction of sp³-hybridized carbons (Fsp3) is 0.481. The summed E-state index contributed by atoms with van der Waals surface area (Å²) in [6, 6.07) is 11.7. The second-order valence-corrected chi connectivity index (χ2v) is 10.9. The van der Waals surface area contributed by atoms with Crippen LogP contribution in [0.3, 0.4) is 0 Å². The lowest BCUT2D eigenvalue weighted by Gasteiger charge is -2.29. The average molecular weight is 499 g/mol. The Hall–Kier alpha value is -2.71. The van der Waals surface area contributed by atoms with Crippen molar-refractivity contribution in [3.63, 3.8) is 0 Å². The predicted molar refractivity (Wildman–Crippen MR) is 135 cm³/mol. The molecule has 1 heterocycles. The molecule has 1 amide bonds. The highest BCUT2D eigenvalue weighted by Crippen LogP contribution is 2.26. The molecule has 1 fully saturated rings. The largest absolute Gasteiger partial charge is 0.382 e. The Labute approximate surface area is 208 Å². The van der Waals surface area contributed by atoms with Gasteiger partial charge in [0.1, 0.15) is 12.0 Å². The lowest BCUT2D eigenvalue weighted by Crippen LogP contribution is -2.38. The van der Waals surface area contributed by atoms with Crippen molar-refractivity contribution in [2.24, 2.45) is 0 Å². The zero-order chi connectivity index (χ0) is 24.7. The van der Waals surface area contributed by atoms with E-state index in [9.17, 15) is 18.0 Å². The quantitative estimate of drug-likeness (QED) is 0.578. The highest BCUT2D eigenvalue weighted by atomic mass is 32.2. The first kappa shape index (κ1) is 25.4. The van der Waals surface area contributed by atoms with Crippen LogP contribution in [0.2, 0.25) is 0 Å². The Morgan fingerprint density at radius 2 is 1.57 bits per heavy atom. The van der Waals surface area contributed by atoms with Gasteiger partial charge in [-0.05, 0) is 54.7 Å². The SMILES string of the molecule is O=Cc1ccc(C(=O)N2CCc3ccc(OS(=O)(=O)NC4CCCCCCCCC4)cc3C2)cc1. The van der Waals surface area contributed by atoms with Crippen molar-refractivity contribution in [1.29, 1.82) is 0 Å². The van der Waals surface area contributed by atoms with Crippen LogP contribution in [0.5, 0.6) is 5.75 Å². The van der Waals surface area contributed by atoms with Crippen LogP contribution in [0.25, 0.3) is 0 Å². The van der Waals surface area contributed by atoms with Crippen LogP contribution >= 0.6 is 0 Å². The van der Waals surface area contributed by atoms with E-state index in [0.29, 0.717) is 30.6 Å². The third kappa shape index (κ3) is 7.15. The molecule has 1 aliphatic heterocycles. The third-order valence-corrected chi connectivity index (χ3v) is 7.93. The van der Waals surface area contributed by atoms with E-state index >= 15 is 0 Å². The first-order valence-electron chi connectivity index (χ1n) is 12.6. The zero-order valence-electron chi connectivity index (χ0n) is 20.1. The maximum Gasteiger partial charge on any atom is 0.382 e. The number of amides is 1. The van der Waals surface area contributed by atoms with Crippen molar-refractivity contribution < 1.29 is 22.2 Å². The molecule has 0 atom stereocenters. The van der Waals surface area contributed by atoms with Gasteiger partial charge in [-0.25, -0.2) is 0 Å². The number of fused-ring (bicyclic) bond motifs is 1. The normalized spacial score (nSPS) is 17.9. The Morgan fingerprint density at radius 1 is 0.914 bits per heavy atom. The molecule has 8 heteroatoms. The van der Waals surface area contributed by atoms with E-state index in [1.807, 2.05) is 6.07 Å². The molecule has 2 aromatic rings. The molecule has 2 aromatic carbocycles.